The lowest BCUT2D eigenvalue weighted by atomic mass is 10.2. The molecule has 2 aromatic rings. The van der Waals surface area contributed by atoms with Crippen molar-refractivity contribution in [3.05, 3.63) is 54.4 Å². The number of amides is 2. The Morgan fingerprint density at radius 1 is 1.09 bits per heavy atom. The average molecular weight is 299 g/mol. The fourth-order valence-corrected chi connectivity index (χ4v) is 1.62. The number of likely N-dealkylation sites (N-methyl/N-ethyl adjacent to an activating group) is 1. The lowest BCUT2D eigenvalue weighted by Gasteiger charge is -2.11. The van der Waals surface area contributed by atoms with Crippen LogP contribution in [0.15, 0.2) is 48.8 Å². The predicted molar refractivity (Wildman–Crippen MR) is 82.8 cm³/mol. The zero-order chi connectivity index (χ0) is 15.9. The Morgan fingerprint density at radius 3 is 2.32 bits per heavy atom. The zero-order valence-electron chi connectivity index (χ0n) is 12.4. The number of pyridine rings is 1. The molecule has 2 amide bonds. The highest BCUT2D eigenvalue weighted by molar-refractivity contribution is 6.04. The molecule has 1 heterocycles. The lowest BCUT2D eigenvalue weighted by molar-refractivity contribution is -0.130. The van der Waals surface area contributed by atoms with Crippen LogP contribution in [0.1, 0.15) is 10.4 Å². The summed E-state index contributed by atoms with van der Waals surface area (Å²) in [6.07, 6.45) is 3.13. The van der Waals surface area contributed by atoms with E-state index in [1.54, 1.807) is 62.9 Å². The average Bonchev–Trinajstić information content (AvgIpc) is 2.54. The molecule has 0 fully saturated rings. The molecule has 2 rings (SSSR count). The van der Waals surface area contributed by atoms with E-state index in [4.69, 9.17) is 4.74 Å². The van der Waals surface area contributed by atoms with Gasteiger partial charge in [-0.15, -0.1) is 0 Å². The third kappa shape index (κ3) is 4.31. The fraction of sp³-hybridized carbons (Fsp3) is 0.188. The summed E-state index contributed by atoms with van der Waals surface area (Å²) >= 11 is 0. The normalized spacial score (nSPS) is 9.91. The summed E-state index contributed by atoms with van der Waals surface area (Å²) in [6.45, 7) is -0.0181. The van der Waals surface area contributed by atoms with Gasteiger partial charge in [0.2, 0.25) is 0 Å². The summed E-state index contributed by atoms with van der Waals surface area (Å²) in [4.78, 5) is 28.7. The molecule has 0 atom stereocenters. The molecular weight excluding hydrogens is 282 g/mol. The number of anilines is 1. The van der Waals surface area contributed by atoms with Crippen LogP contribution in [0.3, 0.4) is 0 Å². The highest BCUT2D eigenvalue weighted by Crippen LogP contribution is 2.16. The van der Waals surface area contributed by atoms with E-state index in [0.717, 1.165) is 0 Å². The quantitative estimate of drug-likeness (QED) is 0.914. The van der Waals surface area contributed by atoms with E-state index < -0.39 is 0 Å². The smallest absolute Gasteiger partial charge is 0.259 e. The molecule has 0 aliphatic heterocycles. The summed E-state index contributed by atoms with van der Waals surface area (Å²) in [5.74, 6) is 0.242. The number of hydrogen-bond donors (Lipinski definition) is 1. The molecule has 0 aliphatic carbocycles. The molecule has 22 heavy (non-hydrogen) atoms. The molecule has 0 spiro atoms. The van der Waals surface area contributed by atoms with Gasteiger partial charge in [-0.05, 0) is 36.4 Å². The van der Waals surface area contributed by atoms with Gasteiger partial charge in [0.1, 0.15) is 5.75 Å². The Morgan fingerprint density at radius 2 is 1.73 bits per heavy atom. The number of nitrogens with zero attached hydrogens (tertiary/aromatic N) is 2. The van der Waals surface area contributed by atoms with Crippen molar-refractivity contribution in [3.8, 4) is 5.75 Å². The highest BCUT2D eigenvalue weighted by atomic mass is 16.5. The molecule has 1 aromatic heterocycles. The highest BCUT2D eigenvalue weighted by Gasteiger charge is 2.07. The number of rotatable bonds is 5. The third-order valence-corrected chi connectivity index (χ3v) is 2.92. The van der Waals surface area contributed by atoms with Gasteiger partial charge < -0.3 is 15.0 Å². The van der Waals surface area contributed by atoms with Crippen LogP contribution in [0, 0.1) is 0 Å². The molecule has 1 aromatic carbocycles. The number of benzene rings is 1. The van der Waals surface area contributed by atoms with Crippen molar-refractivity contribution in [2.24, 2.45) is 0 Å². The van der Waals surface area contributed by atoms with Crippen LogP contribution in [-0.2, 0) is 4.79 Å². The Kier molecular flexibility index (Phi) is 5.08. The summed E-state index contributed by atoms with van der Waals surface area (Å²) in [6, 6.07) is 10.1. The Bertz CT molecular complexity index is 639. The van der Waals surface area contributed by atoms with Crippen LogP contribution in [0.2, 0.25) is 0 Å². The third-order valence-electron chi connectivity index (χ3n) is 2.92. The molecular formula is C16H17N3O3. The van der Waals surface area contributed by atoms with Crippen LogP contribution >= 0.6 is 0 Å². The molecule has 0 aliphatic rings. The second kappa shape index (κ2) is 7.21. The van der Waals surface area contributed by atoms with Crippen molar-refractivity contribution in [2.45, 2.75) is 0 Å². The van der Waals surface area contributed by atoms with E-state index in [0.29, 0.717) is 17.0 Å². The van der Waals surface area contributed by atoms with Crippen molar-refractivity contribution in [1.82, 2.24) is 9.88 Å². The first-order valence-corrected chi connectivity index (χ1v) is 6.70. The molecule has 0 saturated carbocycles. The molecule has 0 radical (unpaired) electrons. The number of nitrogens with one attached hydrogen (secondary N) is 1. The SMILES string of the molecule is CN(C)C(=O)COc1ccc(NC(=O)c2ccncc2)cc1. The van der Waals surface area contributed by atoms with Gasteiger partial charge >= 0.3 is 0 Å². The van der Waals surface area contributed by atoms with E-state index in [1.807, 2.05) is 0 Å². The summed E-state index contributed by atoms with van der Waals surface area (Å²) < 4.78 is 5.36. The number of aromatic nitrogens is 1. The zero-order valence-corrected chi connectivity index (χ0v) is 12.4. The molecule has 114 valence electrons. The Labute approximate surface area is 128 Å². The molecule has 6 heteroatoms. The Hall–Kier alpha value is -2.89. The van der Waals surface area contributed by atoms with Crippen molar-refractivity contribution in [3.63, 3.8) is 0 Å². The van der Waals surface area contributed by atoms with Crippen molar-refractivity contribution >= 4 is 17.5 Å². The number of carbonyl (C=O) groups is 2. The fourth-order valence-electron chi connectivity index (χ4n) is 1.62. The van der Waals surface area contributed by atoms with Crippen LogP contribution < -0.4 is 10.1 Å². The topological polar surface area (TPSA) is 71.5 Å². The maximum atomic E-state index is 12.0. The van der Waals surface area contributed by atoms with Crippen molar-refractivity contribution in [1.29, 1.82) is 0 Å². The molecule has 0 saturated heterocycles. The van der Waals surface area contributed by atoms with E-state index >= 15 is 0 Å². The van der Waals surface area contributed by atoms with E-state index in [9.17, 15) is 9.59 Å². The van der Waals surface area contributed by atoms with Crippen LogP contribution in [-0.4, -0.2) is 42.4 Å². The standard InChI is InChI=1S/C16H17N3O3/c1-19(2)15(20)11-22-14-5-3-13(4-6-14)18-16(21)12-7-9-17-10-8-12/h3-10H,11H2,1-2H3,(H,18,21). The number of carbonyl (C=O) groups excluding carboxylic acids is 2. The minimum Gasteiger partial charge on any atom is -0.484 e. The van der Waals surface area contributed by atoms with Crippen LogP contribution in [0.25, 0.3) is 0 Å². The van der Waals surface area contributed by atoms with Gasteiger partial charge in [-0.25, -0.2) is 0 Å². The summed E-state index contributed by atoms with van der Waals surface area (Å²) in [5.41, 5.74) is 1.18. The molecule has 6 nitrogen and oxygen atoms in total. The summed E-state index contributed by atoms with van der Waals surface area (Å²) in [5, 5.41) is 2.77. The van der Waals surface area contributed by atoms with E-state index in [1.165, 1.54) is 4.90 Å². The van der Waals surface area contributed by atoms with Gasteiger partial charge in [0.05, 0.1) is 0 Å². The van der Waals surface area contributed by atoms with Gasteiger partial charge in [-0.2, -0.15) is 0 Å². The lowest BCUT2D eigenvalue weighted by Crippen LogP contribution is -2.27. The number of hydrogen-bond acceptors (Lipinski definition) is 4. The van der Waals surface area contributed by atoms with Gasteiger partial charge in [-0.3, -0.25) is 14.6 Å². The van der Waals surface area contributed by atoms with Gasteiger partial charge in [0.25, 0.3) is 11.8 Å². The second-order valence-electron chi connectivity index (χ2n) is 4.79. The van der Waals surface area contributed by atoms with Gasteiger partial charge in [0, 0.05) is 37.7 Å². The first-order chi connectivity index (χ1) is 10.6. The minimum absolute atomic E-state index is 0.0181. The monoisotopic (exact) mass is 299 g/mol. The first-order valence-electron chi connectivity index (χ1n) is 6.70. The molecule has 1 N–H and O–H groups in total. The predicted octanol–water partition coefficient (Wildman–Crippen LogP) is 1.80. The number of ether oxygens (including phenoxy) is 1. The van der Waals surface area contributed by atoms with Crippen LogP contribution in [0.4, 0.5) is 5.69 Å². The maximum Gasteiger partial charge on any atom is 0.259 e. The largest absolute Gasteiger partial charge is 0.484 e. The molecule has 0 unspecified atom stereocenters. The maximum absolute atomic E-state index is 12.0. The van der Waals surface area contributed by atoms with Crippen molar-refractivity contribution < 1.29 is 14.3 Å². The first kappa shape index (κ1) is 15.5. The van der Waals surface area contributed by atoms with Gasteiger partial charge in [-0.1, -0.05) is 0 Å². The molecule has 0 bridgehead atoms. The van der Waals surface area contributed by atoms with Gasteiger partial charge in [0.15, 0.2) is 6.61 Å². The van der Waals surface area contributed by atoms with E-state index in [2.05, 4.69) is 10.3 Å². The van der Waals surface area contributed by atoms with E-state index in [-0.39, 0.29) is 18.4 Å². The second-order valence-corrected chi connectivity index (χ2v) is 4.79. The Balaban J connectivity index is 1.92. The van der Waals surface area contributed by atoms with Crippen LogP contribution in [0.5, 0.6) is 5.75 Å². The minimum atomic E-state index is -0.209. The summed E-state index contributed by atoms with van der Waals surface area (Å²) in [7, 11) is 3.34. The van der Waals surface area contributed by atoms with Crippen molar-refractivity contribution in [2.75, 3.05) is 26.0 Å².